The highest BCUT2D eigenvalue weighted by Gasteiger charge is 2.41. The molecule has 0 aromatic carbocycles. The molecule has 98 valence electrons. The second-order valence-corrected chi connectivity index (χ2v) is 6.37. The molecule has 2 fully saturated rings. The van der Waals surface area contributed by atoms with Crippen LogP contribution in [-0.2, 0) is 6.42 Å². The number of aryl methyl sites for hydroxylation is 1. The lowest BCUT2D eigenvalue weighted by Gasteiger charge is -2.21. The van der Waals surface area contributed by atoms with Gasteiger partial charge in [0.2, 0.25) is 0 Å². The Hall–Kier alpha value is -0.640. The first kappa shape index (κ1) is 12.4. The molecule has 3 atom stereocenters. The lowest BCUT2D eigenvalue weighted by Crippen LogP contribution is -2.14. The van der Waals surface area contributed by atoms with Crippen molar-refractivity contribution in [3.63, 3.8) is 0 Å². The van der Waals surface area contributed by atoms with Gasteiger partial charge >= 0.3 is 0 Å². The van der Waals surface area contributed by atoms with E-state index in [0.717, 1.165) is 40.1 Å². The molecule has 2 aliphatic rings. The lowest BCUT2D eigenvalue weighted by atomic mass is 9.88. The maximum Gasteiger partial charge on any atom is 0.144 e. The number of nitrogens with zero attached hydrogens (tertiary/aromatic N) is 2. The van der Waals surface area contributed by atoms with E-state index in [2.05, 4.69) is 28.2 Å². The van der Waals surface area contributed by atoms with Crippen LogP contribution in [0.1, 0.15) is 50.0 Å². The first-order valence-corrected chi connectivity index (χ1v) is 7.76. The Morgan fingerprint density at radius 1 is 1.28 bits per heavy atom. The SMILES string of the molecule is CCc1nc(C2CC3CCC2C3)nc(NC)c1Br. The van der Waals surface area contributed by atoms with Crippen LogP contribution in [0, 0.1) is 11.8 Å². The van der Waals surface area contributed by atoms with Crippen LogP contribution in [0.4, 0.5) is 5.82 Å². The number of aromatic nitrogens is 2. The van der Waals surface area contributed by atoms with Crippen LogP contribution in [0.25, 0.3) is 0 Å². The minimum atomic E-state index is 0.606. The van der Waals surface area contributed by atoms with Crippen molar-refractivity contribution in [2.75, 3.05) is 12.4 Å². The second-order valence-electron chi connectivity index (χ2n) is 5.58. The van der Waals surface area contributed by atoms with Gasteiger partial charge in [0.15, 0.2) is 0 Å². The van der Waals surface area contributed by atoms with E-state index in [1.807, 2.05) is 7.05 Å². The van der Waals surface area contributed by atoms with Gasteiger partial charge in [0.25, 0.3) is 0 Å². The van der Waals surface area contributed by atoms with Gasteiger partial charge in [-0.1, -0.05) is 13.3 Å². The zero-order valence-electron chi connectivity index (χ0n) is 11.0. The molecule has 0 saturated heterocycles. The van der Waals surface area contributed by atoms with Gasteiger partial charge in [0.05, 0.1) is 10.2 Å². The van der Waals surface area contributed by atoms with Crippen LogP contribution in [0.3, 0.4) is 0 Å². The third-order valence-electron chi connectivity index (χ3n) is 4.58. The summed E-state index contributed by atoms with van der Waals surface area (Å²) in [6.07, 6.45) is 6.47. The summed E-state index contributed by atoms with van der Waals surface area (Å²) in [5.41, 5.74) is 1.13. The van der Waals surface area contributed by atoms with Gasteiger partial charge in [-0.25, -0.2) is 9.97 Å². The highest BCUT2D eigenvalue weighted by Crippen LogP contribution is 2.52. The number of fused-ring (bicyclic) bond motifs is 2. The topological polar surface area (TPSA) is 37.8 Å². The second kappa shape index (κ2) is 4.80. The molecule has 0 spiro atoms. The molecular weight excluding hydrogens is 290 g/mol. The minimum absolute atomic E-state index is 0.606. The van der Waals surface area contributed by atoms with Crippen molar-refractivity contribution in [3.8, 4) is 0 Å². The van der Waals surface area contributed by atoms with Crippen LogP contribution < -0.4 is 5.32 Å². The molecule has 1 heterocycles. The van der Waals surface area contributed by atoms with Gasteiger partial charge in [-0.2, -0.15) is 0 Å². The first-order chi connectivity index (χ1) is 8.72. The highest BCUT2D eigenvalue weighted by molar-refractivity contribution is 9.10. The molecule has 1 aromatic heterocycles. The van der Waals surface area contributed by atoms with Gasteiger partial charge in [-0.05, 0) is 53.4 Å². The molecule has 2 bridgehead atoms. The number of rotatable bonds is 3. The monoisotopic (exact) mass is 309 g/mol. The third-order valence-corrected chi connectivity index (χ3v) is 5.41. The van der Waals surface area contributed by atoms with Gasteiger partial charge in [0.1, 0.15) is 11.6 Å². The molecule has 1 aromatic rings. The summed E-state index contributed by atoms with van der Waals surface area (Å²) in [5, 5.41) is 3.18. The van der Waals surface area contributed by atoms with Crippen LogP contribution >= 0.6 is 15.9 Å². The lowest BCUT2D eigenvalue weighted by molar-refractivity contribution is 0.404. The fourth-order valence-corrected chi connectivity index (χ4v) is 4.30. The first-order valence-electron chi connectivity index (χ1n) is 6.97. The summed E-state index contributed by atoms with van der Waals surface area (Å²) >= 11 is 3.60. The number of halogens is 1. The van der Waals surface area contributed by atoms with E-state index < -0.39 is 0 Å². The molecule has 0 radical (unpaired) electrons. The van der Waals surface area contributed by atoms with Crippen molar-refractivity contribution in [2.45, 2.75) is 44.9 Å². The van der Waals surface area contributed by atoms with Crippen molar-refractivity contribution in [1.29, 1.82) is 0 Å². The Morgan fingerprint density at radius 3 is 2.67 bits per heavy atom. The average Bonchev–Trinajstić information content (AvgIpc) is 3.01. The van der Waals surface area contributed by atoms with Gasteiger partial charge in [0, 0.05) is 13.0 Å². The standard InChI is InChI=1S/C14H20BrN3/c1-3-11-12(15)14(16-2)18-13(17-11)10-7-8-4-5-9(10)6-8/h8-10H,3-7H2,1-2H3,(H,16,17,18). The van der Waals surface area contributed by atoms with Crippen molar-refractivity contribution >= 4 is 21.7 Å². The minimum Gasteiger partial charge on any atom is -0.372 e. The molecule has 0 aliphatic heterocycles. The van der Waals surface area contributed by atoms with E-state index in [9.17, 15) is 0 Å². The molecular formula is C14H20BrN3. The van der Waals surface area contributed by atoms with Crippen LogP contribution in [-0.4, -0.2) is 17.0 Å². The zero-order chi connectivity index (χ0) is 12.7. The maximum absolute atomic E-state index is 4.80. The largest absolute Gasteiger partial charge is 0.372 e. The molecule has 18 heavy (non-hydrogen) atoms. The van der Waals surface area contributed by atoms with E-state index in [1.54, 1.807) is 0 Å². The highest BCUT2D eigenvalue weighted by atomic mass is 79.9. The predicted octanol–water partition coefficient (Wildman–Crippen LogP) is 3.75. The van der Waals surface area contributed by atoms with Crippen LogP contribution in [0.15, 0.2) is 4.47 Å². The van der Waals surface area contributed by atoms with Crippen molar-refractivity contribution < 1.29 is 0 Å². The Bertz CT molecular complexity index is 435. The van der Waals surface area contributed by atoms with Gasteiger partial charge in [-0.15, -0.1) is 0 Å². The Kier molecular flexibility index (Phi) is 3.31. The quantitative estimate of drug-likeness (QED) is 0.924. The molecule has 3 rings (SSSR count). The summed E-state index contributed by atoms with van der Waals surface area (Å²) in [6, 6.07) is 0. The molecule has 1 N–H and O–H groups in total. The van der Waals surface area contributed by atoms with E-state index in [-0.39, 0.29) is 0 Å². The van der Waals surface area contributed by atoms with Crippen molar-refractivity contribution in [3.05, 3.63) is 16.0 Å². The summed E-state index contributed by atoms with van der Waals surface area (Å²) in [6.45, 7) is 2.15. The number of nitrogens with one attached hydrogen (secondary N) is 1. The van der Waals surface area contributed by atoms with E-state index >= 15 is 0 Å². The summed E-state index contributed by atoms with van der Waals surface area (Å²) < 4.78 is 1.03. The Balaban J connectivity index is 1.97. The smallest absolute Gasteiger partial charge is 0.144 e. The molecule has 0 amide bonds. The summed E-state index contributed by atoms with van der Waals surface area (Å²) in [7, 11) is 1.93. The van der Waals surface area contributed by atoms with Crippen molar-refractivity contribution in [1.82, 2.24) is 9.97 Å². The van der Waals surface area contributed by atoms with E-state index in [4.69, 9.17) is 9.97 Å². The molecule has 2 saturated carbocycles. The fraction of sp³-hybridized carbons (Fsp3) is 0.714. The van der Waals surface area contributed by atoms with Crippen LogP contribution in [0.5, 0.6) is 0 Å². The van der Waals surface area contributed by atoms with E-state index in [0.29, 0.717) is 5.92 Å². The van der Waals surface area contributed by atoms with E-state index in [1.165, 1.54) is 25.7 Å². The van der Waals surface area contributed by atoms with Gasteiger partial charge in [-0.3, -0.25) is 0 Å². The number of anilines is 1. The summed E-state index contributed by atoms with van der Waals surface area (Å²) in [5.74, 6) is 4.40. The van der Waals surface area contributed by atoms with Crippen molar-refractivity contribution in [2.24, 2.45) is 11.8 Å². The predicted molar refractivity (Wildman–Crippen MR) is 76.8 cm³/mol. The molecule has 3 unspecified atom stereocenters. The average molecular weight is 310 g/mol. The van der Waals surface area contributed by atoms with Gasteiger partial charge < -0.3 is 5.32 Å². The molecule has 2 aliphatic carbocycles. The number of hydrogen-bond donors (Lipinski definition) is 1. The summed E-state index contributed by atoms with van der Waals surface area (Å²) in [4.78, 5) is 9.53. The Labute approximate surface area is 117 Å². The Morgan fingerprint density at radius 2 is 2.11 bits per heavy atom. The zero-order valence-corrected chi connectivity index (χ0v) is 12.6. The fourth-order valence-electron chi connectivity index (χ4n) is 3.64. The third kappa shape index (κ3) is 1.94. The maximum atomic E-state index is 4.80. The normalized spacial score (nSPS) is 29.8. The van der Waals surface area contributed by atoms with Crippen LogP contribution in [0.2, 0.25) is 0 Å². The number of hydrogen-bond acceptors (Lipinski definition) is 3. The molecule has 3 nitrogen and oxygen atoms in total. The molecule has 4 heteroatoms.